The zero-order valence-electron chi connectivity index (χ0n) is 16.5. The largest absolute Gasteiger partial charge is 0.486 e. The van der Waals surface area contributed by atoms with Crippen LogP contribution in [0.2, 0.25) is 0 Å². The summed E-state index contributed by atoms with van der Waals surface area (Å²) in [5.41, 5.74) is 2.45. The van der Waals surface area contributed by atoms with E-state index in [9.17, 15) is 9.59 Å². The van der Waals surface area contributed by atoms with E-state index >= 15 is 0 Å². The van der Waals surface area contributed by atoms with Crippen molar-refractivity contribution in [1.29, 1.82) is 0 Å². The standard InChI is InChI=1S/C22H24N2O5/c1-3-27-21(25)11-7-16-4-8-18(9-5-16)23-22(26)24(2)15-17-6-10-19-20(14-17)29-13-12-28-19/h4-11,14H,3,12-13,15H2,1-2H3,(H,23,26)/b11-7+. The fourth-order valence-corrected chi connectivity index (χ4v) is 2.78. The minimum atomic E-state index is -0.384. The van der Waals surface area contributed by atoms with Gasteiger partial charge in [-0.05, 0) is 48.4 Å². The average Bonchev–Trinajstić information content (AvgIpc) is 2.73. The van der Waals surface area contributed by atoms with Crippen LogP contribution in [0.4, 0.5) is 10.5 Å². The molecule has 0 saturated carbocycles. The fraction of sp³-hybridized carbons (Fsp3) is 0.273. The fourth-order valence-electron chi connectivity index (χ4n) is 2.78. The molecule has 0 radical (unpaired) electrons. The third-order valence-electron chi connectivity index (χ3n) is 4.23. The van der Waals surface area contributed by atoms with Crippen LogP contribution in [0.3, 0.4) is 0 Å². The Hall–Kier alpha value is -3.48. The van der Waals surface area contributed by atoms with Crippen LogP contribution in [0.25, 0.3) is 6.08 Å². The van der Waals surface area contributed by atoms with Crippen molar-refractivity contribution in [3.05, 3.63) is 59.7 Å². The number of esters is 1. The van der Waals surface area contributed by atoms with Crippen molar-refractivity contribution in [2.75, 3.05) is 32.2 Å². The molecule has 1 N–H and O–H groups in total. The van der Waals surface area contributed by atoms with Gasteiger partial charge < -0.3 is 24.4 Å². The van der Waals surface area contributed by atoms with Gasteiger partial charge in [0.15, 0.2) is 11.5 Å². The highest BCUT2D eigenvalue weighted by atomic mass is 16.6. The molecular weight excluding hydrogens is 372 g/mol. The number of hydrogen-bond donors (Lipinski definition) is 1. The van der Waals surface area contributed by atoms with Gasteiger partial charge in [0.1, 0.15) is 13.2 Å². The number of hydrogen-bond acceptors (Lipinski definition) is 5. The van der Waals surface area contributed by atoms with Gasteiger partial charge in [-0.15, -0.1) is 0 Å². The van der Waals surface area contributed by atoms with Crippen LogP contribution in [0.5, 0.6) is 11.5 Å². The molecule has 0 aromatic heterocycles. The van der Waals surface area contributed by atoms with Crippen molar-refractivity contribution in [1.82, 2.24) is 4.90 Å². The van der Waals surface area contributed by atoms with Crippen LogP contribution in [0, 0.1) is 0 Å². The van der Waals surface area contributed by atoms with Gasteiger partial charge in [-0.25, -0.2) is 9.59 Å². The van der Waals surface area contributed by atoms with Crippen LogP contribution in [0.15, 0.2) is 48.5 Å². The maximum atomic E-state index is 12.5. The van der Waals surface area contributed by atoms with Gasteiger partial charge in [-0.3, -0.25) is 0 Å². The number of carbonyl (C=O) groups is 2. The molecule has 0 bridgehead atoms. The predicted molar refractivity (Wildman–Crippen MR) is 110 cm³/mol. The molecule has 0 spiro atoms. The lowest BCUT2D eigenvalue weighted by Crippen LogP contribution is -2.30. The SMILES string of the molecule is CCOC(=O)/C=C/c1ccc(NC(=O)N(C)Cc2ccc3c(c2)OCCO3)cc1. The van der Waals surface area contributed by atoms with Gasteiger partial charge in [-0.1, -0.05) is 18.2 Å². The summed E-state index contributed by atoms with van der Waals surface area (Å²) in [7, 11) is 1.72. The van der Waals surface area contributed by atoms with Crippen molar-refractivity contribution in [2.24, 2.45) is 0 Å². The third-order valence-corrected chi connectivity index (χ3v) is 4.23. The van der Waals surface area contributed by atoms with Crippen LogP contribution in [-0.2, 0) is 16.1 Å². The van der Waals surface area contributed by atoms with Gasteiger partial charge in [0.25, 0.3) is 0 Å². The first-order valence-corrected chi connectivity index (χ1v) is 9.40. The topological polar surface area (TPSA) is 77.1 Å². The van der Waals surface area contributed by atoms with Gasteiger partial charge in [0, 0.05) is 25.4 Å². The van der Waals surface area contributed by atoms with E-state index in [4.69, 9.17) is 14.2 Å². The number of amides is 2. The Balaban J connectivity index is 1.54. The number of urea groups is 1. The van der Waals surface area contributed by atoms with E-state index in [1.807, 2.05) is 30.3 Å². The second-order valence-electron chi connectivity index (χ2n) is 6.47. The number of fused-ring (bicyclic) bond motifs is 1. The second-order valence-corrected chi connectivity index (χ2v) is 6.47. The highest BCUT2D eigenvalue weighted by molar-refractivity contribution is 5.90. The molecule has 2 aromatic carbocycles. The Labute approximate surface area is 169 Å². The summed E-state index contributed by atoms with van der Waals surface area (Å²) in [6.45, 7) is 3.61. The van der Waals surface area contributed by atoms with Crippen LogP contribution >= 0.6 is 0 Å². The van der Waals surface area contributed by atoms with Gasteiger partial charge >= 0.3 is 12.0 Å². The summed E-state index contributed by atoms with van der Waals surface area (Å²) in [5.74, 6) is 1.05. The summed E-state index contributed by atoms with van der Waals surface area (Å²) >= 11 is 0. The Morgan fingerprint density at radius 3 is 2.55 bits per heavy atom. The minimum Gasteiger partial charge on any atom is -0.486 e. The highest BCUT2D eigenvalue weighted by Gasteiger charge is 2.14. The number of anilines is 1. The van der Waals surface area contributed by atoms with Crippen molar-refractivity contribution in [3.8, 4) is 11.5 Å². The average molecular weight is 396 g/mol. The maximum absolute atomic E-state index is 12.5. The molecule has 152 valence electrons. The lowest BCUT2D eigenvalue weighted by atomic mass is 10.2. The molecule has 7 nitrogen and oxygen atoms in total. The number of benzene rings is 2. The lowest BCUT2D eigenvalue weighted by Gasteiger charge is -2.21. The Kier molecular flexibility index (Phi) is 6.73. The number of nitrogens with one attached hydrogen (secondary N) is 1. The lowest BCUT2D eigenvalue weighted by molar-refractivity contribution is -0.137. The molecule has 1 heterocycles. The molecule has 2 amide bonds. The molecule has 0 aliphatic carbocycles. The van der Waals surface area contributed by atoms with Gasteiger partial charge in [0.2, 0.25) is 0 Å². The smallest absolute Gasteiger partial charge is 0.330 e. The molecule has 7 heteroatoms. The minimum absolute atomic E-state index is 0.227. The van der Waals surface area contributed by atoms with Crippen LogP contribution < -0.4 is 14.8 Å². The zero-order chi connectivity index (χ0) is 20.6. The summed E-state index contributed by atoms with van der Waals surface area (Å²) in [6.07, 6.45) is 3.04. The molecule has 0 unspecified atom stereocenters. The first kappa shape index (κ1) is 20.3. The van der Waals surface area contributed by atoms with E-state index < -0.39 is 0 Å². The van der Waals surface area contributed by atoms with E-state index in [1.54, 1.807) is 37.1 Å². The van der Waals surface area contributed by atoms with E-state index in [0.29, 0.717) is 37.8 Å². The van der Waals surface area contributed by atoms with Crippen LogP contribution in [0.1, 0.15) is 18.1 Å². The third kappa shape index (κ3) is 5.75. The van der Waals surface area contributed by atoms with Crippen molar-refractivity contribution >= 4 is 23.8 Å². The number of carbonyl (C=O) groups excluding carboxylic acids is 2. The van der Waals surface area contributed by atoms with E-state index in [-0.39, 0.29) is 12.0 Å². The maximum Gasteiger partial charge on any atom is 0.330 e. The van der Waals surface area contributed by atoms with Gasteiger partial charge in [-0.2, -0.15) is 0 Å². The summed E-state index contributed by atoms with van der Waals surface area (Å²) in [5, 5.41) is 2.85. The predicted octanol–water partition coefficient (Wildman–Crippen LogP) is 3.70. The summed E-state index contributed by atoms with van der Waals surface area (Å²) in [6, 6.07) is 12.6. The van der Waals surface area contributed by atoms with Crippen LogP contribution in [-0.4, -0.2) is 43.8 Å². The molecule has 1 aliphatic rings. The Morgan fingerprint density at radius 2 is 1.83 bits per heavy atom. The van der Waals surface area contributed by atoms with E-state index in [2.05, 4.69) is 5.32 Å². The molecular formula is C22H24N2O5. The normalized spacial score (nSPS) is 12.5. The molecule has 0 fully saturated rings. The monoisotopic (exact) mass is 396 g/mol. The molecule has 0 atom stereocenters. The number of nitrogens with zero attached hydrogens (tertiary/aromatic N) is 1. The quantitative estimate of drug-likeness (QED) is 0.595. The van der Waals surface area contributed by atoms with Gasteiger partial charge in [0.05, 0.1) is 6.61 Å². The second kappa shape index (κ2) is 9.64. The first-order chi connectivity index (χ1) is 14.0. The molecule has 1 aliphatic heterocycles. The Bertz CT molecular complexity index is 893. The summed E-state index contributed by atoms with van der Waals surface area (Å²) in [4.78, 5) is 25.4. The Morgan fingerprint density at radius 1 is 1.10 bits per heavy atom. The van der Waals surface area contributed by atoms with Crippen molar-refractivity contribution in [2.45, 2.75) is 13.5 Å². The zero-order valence-corrected chi connectivity index (χ0v) is 16.5. The number of rotatable bonds is 6. The van der Waals surface area contributed by atoms with E-state index in [1.165, 1.54) is 6.08 Å². The highest BCUT2D eigenvalue weighted by Crippen LogP contribution is 2.31. The molecule has 2 aromatic rings. The number of ether oxygens (including phenoxy) is 3. The van der Waals surface area contributed by atoms with Crippen molar-refractivity contribution < 1.29 is 23.8 Å². The van der Waals surface area contributed by atoms with Crippen molar-refractivity contribution in [3.63, 3.8) is 0 Å². The molecule has 3 rings (SSSR count). The molecule has 0 saturated heterocycles. The molecule has 29 heavy (non-hydrogen) atoms. The first-order valence-electron chi connectivity index (χ1n) is 9.40. The van der Waals surface area contributed by atoms with E-state index in [0.717, 1.165) is 16.9 Å². The summed E-state index contributed by atoms with van der Waals surface area (Å²) < 4.78 is 15.9.